The summed E-state index contributed by atoms with van der Waals surface area (Å²) in [6, 6.07) is 0. The molecule has 4 heteroatoms. The molecule has 0 bridgehead atoms. The average Bonchev–Trinajstić information content (AvgIpc) is 2.98. The molecule has 1 aromatic rings. The van der Waals surface area contributed by atoms with Gasteiger partial charge in [-0.05, 0) is 33.9 Å². The molecule has 0 radical (unpaired) electrons. The molecule has 4 nitrogen and oxygen atoms in total. The van der Waals surface area contributed by atoms with Gasteiger partial charge in [0.2, 0.25) is 0 Å². The van der Waals surface area contributed by atoms with Crippen LogP contribution in [0.1, 0.15) is 46.2 Å². The minimum Gasteiger partial charge on any atom is -0.355 e. The third-order valence-electron chi connectivity index (χ3n) is 2.17. The fraction of sp³-hybridized carbons (Fsp3) is 0.733. The van der Waals surface area contributed by atoms with Gasteiger partial charge >= 0.3 is 0 Å². The average molecular weight is 268 g/mol. The molecule has 1 aliphatic rings. The second kappa shape index (κ2) is 14.9. The van der Waals surface area contributed by atoms with E-state index in [-0.39, 0.29) is 0 Å². The summed E-state index contributed by atoms with van der Waals surface area (Å²) in [4.78, 5) is 10.8. The van der Waals surface area contributed by atoms with Crippen molar-refractivity contribution in [3.63, 3.8) is 0 Å². The van der Waals surface area contributed by atoms with Crippen LogP contribution in [-0.4, -0.2) is 37.2 Å². The summed E-state index contributed by atoms with van der Waals surface area (Å²) in [6.45, 7) is 12.3. The molecule has 1 fully saturated rings. The summed E-state index contributed by atoms with van der Waals surface area (Å²) in [5, 5.41) is 2.75. The molecule has 19 heavy (non-hydrogen) atoms. The van der Waals surface area contributed by atoms with Crippen LogP contribution in [0.2, 0.25) is 0 Å². The fourth-order valence-electron chi connectivity index (χ4n) is 1.55. The monoisotopic (exact) mass is 268 g/mol. The molecule has 112 valence electrons. The molecule has 1 aromatic heterocycles. The Balaban J connectivity index is 0. The number of hydrogen-bond donors (Lipinski definition) is 1. The van der Waals surface area contributed by atoms with Crippen LogP contribution < -0.4 is 10.2 Å². The molecule has 0 saturated carbocycles. The lowest BCUT2D eigenvalue weighted by Crippen LogP contribution is -2.19. The van der Waals surface area contributed by atoms with E-state index in [0.717, 1.165) is 24.6 Å². The van der Waals surface area contributed by atoms with Crippen LogP contribution in [0.4, 0.5) is 5.82 Å². The van der Waals surface area contributed by atoms with Gasteiger partial charge in [0.1, 0.15) is 5.82 Å². The standard InChI is InChI=1S/C9H13N3.C2H7N.2C2H6/c1-8-6-10-7-9(11-8)12-4-2-3-5-12;1-3-2;2*1-2/h6-7H,2-5H2,1H3;3H,1-2H3;2*1-2H3. The predicted octanol–water partition coefficient (Wildman–Crippen LogP) is 3.27. The topological polar surface area (TPSA) is 41.1 Å². The molecule has 0 aliphatic carbocycles. The van der Waals surface area contributed by atoms with Crippen molar-refractivity contribution in [1.29, 1.82) is 0 Å². The van der Waals surface area contributed by atoms with Crippen molar-refractivity contribution in [2.24, 2.45) is 0 Å². The maximum atomic E-state index is 4.42. The van der Waals surface area contributed by atoms with Crippen molar-refractivity contribution in [3.8, 4) is 0 Å². The summed E-state index contributed by atoms with van der Waals surface area (Å²) < 4.78 is 0. The molecule has 1 saturated heterocycles. The van der Waals surface area contributed by atoms with Crippen LogP contribution in [0.15, 0.2) is 12.4 Å². The maximum absolute atomic E-state index is 4.42. The molecule has 0 unspecified atom stereocenters. The van der Waals surface area contributed by atoms with Gasteiger partial charge in [0.15, 0.2) is 0 Å². The lowest BCUT2D eigenvalue weighted by molar-refractivity contribution is 0.916. The van der Waals surface area contributed by atoms with Gasteiger partial charge in [0, 0.05) is 19.3 Å². The first-order valence-corrected chi connectivity index (χ1v) is 7.40. The number of aromatic nitrogens is 2. The van der Waals surface area contributed by atoms with Crippen LogP contribution in [0, 0.1) is 6.92 Å². The summed E-state index contributed by atoms with van der Waals surface area (Å²) in [7, 11) is 3.75. The SMILES string of the molecule is CC.CC.CNC.Cc1cncc(N2CCCC2)n1. The molecule has 1 aliphatic heterocycles. The van der Waals surface area contributed by atoms with Gasteiger partial charge in [-0.1, -0.05) is 27.7 Å². The number of rotatable bonds is 1. The van der Waals surface area contributed by atoms with E-state index >= 15 is 0 Å². The zero-order valence-electron chi connectivity index (χ0n) is 13.8. The molecular weight excluding hydrogens is 236 g/mol. The first-order chi connectivity index (χ1) is 9.27. The molecule has 0 spiro atoms. The van der Waals surface area contributed by atoms with Crippen molar-refractivity contribution < 1.29 is 0 Å². The molecule has 2 heterocycles. The van der Waals surface area contributed by atoms with E-state index in [1.165, 1.54) is 12.8 Å². The molecule has 2 rings (SSSR count). The molecule has 0 atom stereocenters. The largest absolute Gasteiger partial charge is 0.355 e. The van der Waals surface area contributed by atoms with Crippen molar-refractivity contribution in [1.82, 2.24) is 15.3 Å². The molecule has 0 amide bonds. The van der Waals surface area contributed by atoms with Gasteiger partial charge < -0.3 is 10.2 Å². The first kappa shape index (κ1) is 20.2. The van der Waals surface area contributed by atoms with E-state index in [9.17, 15) is 0 Å². The zero-order chi connectivity index (χ0) is 15.1. The summed E-state index contributed by atoms with van der Waals surface area (Å²) in [6.07, 6.45) is 6.21. The zero-order valence-corrected chi connectivity index (χ0v) is 13.8. The lowest BCUT2D eigenvalue weighted by Gasteiger charge is -2.15. The van der Waals surface area contributed by atoms with Crippen LogP contribution in [-0.2, 0) is 0 Å². The summed E-state index contributed by atoms with van der Waals surface area (Å²) in [5.74, 6) is 1.03. The first-order valence-electron chi connectivity index (χ1n) is 7.40. The quantitative estimate of drug-likeness (QED) is 0.848. The van der Waals surface area contributed by atoms with Crippen molar-refractivity contribution in [2.75, 3.05) is 32.1 Å². The second-order valence-electron chi connectivity index (χ2n) is 3.71. The third kappa shape index (κ3) is 9.42. The van der Waals surface area contributed by atoms with Gasteiger partial charge in [-0.25, -0.2) is 4.98 Å². The Morgan fingerprint density at radius 1 is 1.00 bits per heavy atom. The number of hydrogen-bond acceptors (Lipinski definition) is 4. The Labute approximate surface area is 119 Å². The van der Waals surface area contributed by atoms with E-state index in [4.69, 9.17) is 0 Å². The highest BCUT2D eigenvalue weighted by atomic mass is 15.2. The third-order valence-corrected chi connectivity index (χ3v) is 2.17. The van der Waals surface area contributed by atoms with Gasteiger partial charge in [-0.3, -0.25) is 4.98 Å². The van der Waals surface area contributed by atoms with Crippen molar-refractivity contribution in [3.05, 3.63) is 18.1 Å². The summed E-state index contributed by atoms with van der Waals surface area (Å²) >= 11 is 0. The normalized spacial score (nSPS) is 12.3. The number of nitrogens with one attached hydrogen (secondary N) is 1. The highest BCUT2D eigenvalue weighted by Crippen LogP contribution is 2.16. The Hall–Kier alpha value is -1.16. The maximum Gasteiger partial charge on any atom is 0.147 e. The number of aryl methyl sites for hydroxylation is 1. The Bertz CT molecular complexity index is 283. The van der Waals surface area contributed by atoms with Gasteiger partial charge in [-0.15, -0.1) is 0 Å². The highest BCUT2D eigenvalue weighted by molar-refractivity contribution is 5.36. The molecule has 0 aromatic carbocycles. The minimum absolute atomic E-state index is 0.999. The predicted molar refractivity (Wildman–Crippen MR) is 85.9 cm³/mol. The van der Waals surface area contributed by atoms with Gasteiger partial charge in [0.05, 0.1) is 11.9 Å². The highest BCUT2D eigenvalue weighted by Gasteiger charge is 2.13. The van der Waals surface area contributed by atoms with Crippen LogP contribution in [0.25, 0.3) is 0 Å². The van der Waals surface area contributed by atoms with Gasteiger partial charge in [0.25, 0.3) is 0 Å². The van der Waals surface area contributed by atoms with Crippen LogP contribution in [0.5, 0.6) is 0 Å². The Morgan fingerprint density at radius 3 is 1.89 bits per heavy atom. The van der Waals surface area contributed by atoms with E-state index in [0.29, 0.717) is 0 Å². The Morgan fingerprint density at radius 2 is 1.47 bits per heavy atom. The van der Waals surface area contributed by atoms with E-state index < -0.39 is 0 Å². The van der Waals surface area contributed by atoms with Crippen LogP contribution in [0.3, 0.4) is 0 Å². The van der Waals surface area contributed by atoms with Crippen molar-refractivity contribution in [2.45, 2.75) is 47.5 Å². The summed E-state index contributed by atoms with van der Waals surface area (Å²) in [5.41, 5.74) is 0.999. The number of nitrogens with zero attached hydrogens (tertiary/aromatic N) is 3. The second-order valence-corrected chi connectivity index (χ2v) is 3.71. The smallest absolute Gasteiger partial charge is 0.147 e. The molecular formula is C15H32N4. The van der Waals surface area contributed by atoms with E-state index in [1.807, 2.05) is 54.9 Å². The minimum atomic E-state index is 0.999. The number of anilines is 1. The fourth-order valence-corrected chi connectivity index (χ4v) is 1.55. The van der Waals surface area contributed by atoms with Gasteiger partial charge in [-0.2, -0.15) is 0 Å². The van der Waals surface area contributed by atoms with E-state index in [2.05, 4.69) is 20.2 Å². The van der Waals surface area contributed by atoms with Crippen molar-refractivity contribution >= 4 is 5.82 Å². The molecule has 1 N–H and O–H groups in total. The van der Waals surface area contributed by atoms with Crippen LogP contribution >= 0.6 is 0 Å². The Kier molecular flexibility index (Phi) is 15.8. The van der Waals surface area contributed by atoms with E-state index in [1.54, 1.807) is 6.20 Å². The lowest BCUT2D eigenvalue weighted by atomic mass is 10.4.